The number of aryl methyl sites for hydroxylation is 2. The SMILES string of the molecule is Cc1cnc(S(=O)(=O)NC(c2ccc(F)cc2)C(F)(F)F)nc1C. The van der Waals surface area contributed by atoms with E-state index in [1.807, 2.05) is 0 Å². The Morgan fingerprint density at radius 3 is 2.21 bits per heavy atom. The van der Waals surface area contributed by atoms with Gasteiger partial charge < -0.3 is 0 Å². The summed E-state index contributed by atoms with van der Waals surface area (Å²) in [6, 6.07) is 0.798. The summed E-state index contributed by atoms with van der Waals surface area (Å²) in [7, 11) is -4.63. The zero-order chi connectivity index (χ0) is 18.1. The molecule has 2 rings (SSSR count). The number of hydrogen-bond acceptors (Lipinski definition) is 4. The summed E-state index contributed by atoms with van der Waals surface area (Å²) < 4.78 is 78.5. The lowest BCUT2D eigenvalue weighted by atomic mass is 10.1. The fourth-order valence-corrected chi connectivity index (χ4v) is 2.96. The molecule has 5 nitrogen and oxygen atoms in total. The van der Waals surface area contributed by atoms with Crippen molar-refractivity contribution in [2.24, 2.45) is 0 Å². The van der Waals surface area contributed by atoms with Gasteiger partial charge in [-0.2, -0.15) is 17.9 Å². The number of nitrogens with one attached hydrogen (secondary N) is 1. The van der Waals surface area contributed by atoms with Crippen LogP contribution >= 0.6 is 0 Å². The molecule has 0 bridgehead atoms. The van der Waals surface area contributed by atoms with Gasteiger partial charge in [-0.1, -0.05) is 12.1 Å². The van der Waals surface area contributed by atoms with Crippen LogP contribution in [0.3, 0.4) is 0 Å². The molecule has 0 saturated carbocycles. The number of halogens is 4. The Kier molecular flexibility index (Phi) is 4.90. The maximum atomic E-state index is 13.2. The molecule has 0 radical (unpaired) electrons. The third kappa shape index (κ3) is 4.06. The lowest BCUT2D eigenvalue weighted by molar-refractivity contribution is -0.153. The van der Waals surface area contributed by atoms with E-state index < -0.39 is 38.8 Å². The average molecular weight is 363 g/mol. The van der Waals surface area contributed by atoms with Crippen LogP contribution in [-0.2, 0) is 10.0 Å². The summed E-state index contributed by atoms with van der Waals surface area (Å²) in [5, 5.41) is -0.762. The molecule has 0 aliphatic rings. The molecule has 0 aliphatic heterocycles. The normalized spacial score (nSPS) is 13.8. The van der Waals surface area contributed by atoms with Crippen LogP contribution in [0.2, 0.25) is 0 Å². The summed E-state index contributed by atoms with van der Waals surface area (Å²) >= 11 is 0. The van der Waals surface area contributed by atoms with Crippen LogP contribution in [0, 0.1) is 19.7 Å². The fourth-order valence-electron chi connectivity index (χ4n) is 1.82. The molecule has 10 heteroatoms. The van der Waals surface area contributed by atoms with Crippen molar-refractivity contribution in [1.82, 2.24) is 14.7 Å². The predicted molar refractivity (Wildman–Crippen MR) is 77.0 cm³/mol. The summed E-state index contributed by atoms with van der Waals surface area (Å²) in [4.78, 5) is 7.26. The van der Waals surface area contributed by atoms with E-state index in [0.717, 1.165) is 24.3 Å². The van der Waals surface area contributed by atoms with Gasteiger partial charge in [-0.15, -0.1) is 0 Å². The summed E-state index contributed by atoms with van der Waals surface area (Å²) in [5.41, 5.74) is 0.479. The van der Waals surface area contributed by atoms with Gasteiger partial charge in [0.1, 0.15) is 11.9 Å². The van der Waals surface area contributed by atoms with Crippen LogP contribution in [-0.4, -0.2) is 24.6 Å². The Hall–Kier alpha value is -2.07. The van der Waals surface area contributed by atoms with E-state index in [1.165, 1.54) is 17.8 Å². The second-order valence-electron chi connectivity index (χ2n) is 5.07. The fraction of sp³-hybridized carbons (Fsp3) is 0.286. The summed E-state index contributed by atoms with van der Waals surface area (Å²) in [6.07, 6.45) is -3.72. The van der Waals surface area contributed by atoms with E-state index in [1.54, 1.807) is 6.92 Å². The topological polar surface area (TPSA) is 72.0 Å². The van der Waals surface area contributed by atoms with Gasteiger partial charge in [-0.25, -0.2) is 22.8 Å². The van der Waals surface area contributed by atoms with Crippen molar-refractivity contribution >= 4 is 10.0 Å². The van der Waals surface area contributed by atoms with Crippen molar-refractivity contribution in [3.8, 4) is 0 Å². The van der Waals surface area contributed by atoms with Gasteiger partial charge in [0, 0.05) is 11.9 Å². The second kappa shape index (κ2) is 6.44. The Morgan fingerprint density at radius 1 is 1.12 bits per heavy atom. The molecule has 0 amide bonds. The lowest BCUT2D eigenvalue weighted by Crippen LogP contribution is -2.38. The van der Waals surface area contributed by atoms with Crippen molar-refractivity contribution in [3.63, 3.8) is 0 Å². The van der Waals surface area contributed by atoms with Crippen LogP contribution < -0.4 is 4.72 Å². The highest BCUT2D eigenvalue weighted by Gasteiger charge is 2.44. The molecule has 0 fully saturated rings. The van der Waals surface area contributed by atoms with Gasteiger partial charge in [0.2, 0.25) is 0 Å². The van der Waals surface area contributed by atoms with Crippen molar-refractivity contribution in [3.05, 3.63) is 53.1 Å². The first-order chi connectivity index (χ1) is 11.0. The number of alkyl halides is 3. The first kappa shape index (κ1) is 18.3. The van der Waals surface area contributed by atoms with E-state index in [9.17, 15) is 26.0 Å². The molecule has 1 aromatic carbocycles. The van der Waals surface area contributed by atoms with Crippen molar-refractivity contribution in [1.29, 1.82) is 0 Å². The minimum absolute atomic E-state index is 0.329. The quantitative estimate of drug-likeness (QED) is 0.670. The van der Waals surface area contributed by atoms with E-state index >= 15 is 0 Å². The third-order valence-corrected chi connectivity index (χ3v) is 4.47. The number of nitrogens with zero attached hydrogens (tertiary/aromatic N) is 2. The van der Waals surface area contributed by atoms with Crippen LogP contribution in [0.4, 0.5) is 17.6 Å². The van der Waals surface area contributed by atoms with E-state index in [-0.39, 0.29) is 0 Å². The van der Waals surface area contributed by atoms with E-state index in [2.05, 4.69) is 9.97 Å². The predicted octanol–water partition coefficient (Wildman–Crippen LogP) is 2.81. The average Bonchev–Trinajstić information content (AvgIpc) is 2.47. The number of benzene rings is 1. The Labute approximate surface area is 135 Å². The lowest BCUT2D eigenvalue weighted by Gasteiger charge is -2.21. The zero-order valence-electron chi connectivity index (χ0n) is 12.6. The molecule has 24 heavy (non-hydrogen) atoms. The van der Waals surface area contributed by atoms with Crippen LogP contribution in [0.5, 0.6) is 0 Å². The van der Waals surface area contributed by atoms with Gasteiger partial charge >= 0.3 is 6.18 Å². The van der Waals surface area contributed by atoms with Gasteiger partial charge in [0.15, 0.2) is 0 Å². The molecular weight excluding hydrogens is 350 g/mol. The van der Waals surface area contributed by atoms with E-state index in [4.69, 9.17) is 0 Å². The third-order valence-electron chi connectivity index (χ3n) is 3.25. The van der Waals surface area contributed by atoms with Gasteiger partial charge in [0.05, 0.1) is 0 Å². The number of hydrogen-bond donors (Lipinski definition) is 1. The molecule has 130 valence electrons. The van der Waals surface area contributed by atoms with Crippen molar-refractivity contribution in [2.75, 3.05) is 0 Å². The van der Waals surface area contributed by atoms with Crippen molar-refractivity contribution < 1.29 is 26.0 Å². The number of aromatic nitrogens is 2. The molecule has 1 N–H and O–H groups in total. The molecule has 1 aromatic heterocycles. The summed E-state index contributed by atoms with van der Waals surface area (Å²) in [5.74, 6) is -0.736. The Bertz CT molecular complexity index is 836. The highest BCUT2D eigenvalue weighted by Crippen LogP contribution is 2.33. The first-order valence-corrected chi connectivity index (χ1v) is 8.14. The molecule has 0 spiro atoms. The first-order valence-electron chi connectivity index (χ1n) is 6.65. The van der Waals surface area contributed by atoms with Crippen LogP contribution in [0.15, 0.2) is 35.6 Å². The monoisotopic (exact) mass is 363 g/mol. The summed E-state index contributed by atoms with van der Waals surface area (Å²) in [6.45, 7) is 3.15. The Balaban J connectivity index is 2.41. The molecule has 1 heterocycles. The highest BCUT2D eigenvalue weighted by molar-refractivity contribution is 7.89. The number of sulfonamides is 1. The molecule has 1 atom stereocenters. The second-order valence-corrected chi connectivity index (χ2v) is 6.68. The number of rotatable bonds is 4. The minimum atomic E-state index is -4.93. The van der Waals surface area contributed by atoms with E-state index in [0.29, 0.717) is 11.3 Å². The zero-order valence-corrected chi connectivity index (χ0v) is 13.4. The molecule has 1 unspecified atom stereocenters. The van der Waals surface area contributed by atoms with Crippen molar-refractivity contribution in [2.45, 2.75) is 31.2 Å². The van der Waals surface area contributed by atoms with Crippen LogP contribution in [0.25, 0.3) is 0 Å². The van der Waals surface area contributed by atoms with Gasteiger partial charge in [0.25, 0.3) is 15.2 Å². The maximum Gasteiger partial charge on any atom is 0.408 e. The van der Waals surface area contributed by atoms with Gasteiger partial charge in [-0.3, -0.25) is 0 Å². The van der Waals surface area contributed by atoms with Crippen LogP contribution in [0.1, 0.15) is 22.9 Å². The molecular formula is C14H13F4N3O2S. The molecule has 2 aromatic rings. The Morgan fingerprint density at radius 2 is 1.71 bits per heavy atom. The highest BCUT2D eigenvalue weighted by atomic mass is 32.2. The van der Waals surface area contributed by atoms with Gasteiger partial charge in [-0.05, 0) is 37.1 Å². The molecule has 0 aliphatic carbocycles. The standard InChI is InChI=1S/C14H13F4N3O2S/c1-8-7-19-13(20-9(8)2)24(22,23)21-12(14(16,17)18)10-3-5-11(15)6-4-10/h3-7,12,21H,1-2H3. The maximum absolute atomic E-state index is 13.2. The smallest absolute Gasteiger partial charge is 0.225 e. The minimum Gasteiger partial charge on any atom is -0.225 e. The largest absolute Gasteiger partial charge is 0.408 e. The molecule has 0 saturated heterocycles.